The maximum Gasteiger partial charge on any atom is 0.311 e. The maximum atomic E-state index is 11.4. The molecule has 0 aromatic rings. The number of amides is 1. The summed E-state index contributed by atoms with van der Waals surface area (Å²) >= 11 is 0. The van der Waals surface area contributed by atoms with Crippen LogP contribution >= 0.6 is 0 Å². The van der Waals surface area contributed by atoms with E-state index in [0.717, 1.165) is 25.7 Å². The minimum atomic E-state index is -0.729. The maximum absolute atomic E-state index is 11.4. The lowest BCUT2D eigenvalue weighted by Gasteiger charge is -2.36. The van der Waals surface area contributed by atoms with Crippen LogP contribution in [0.15, 0.2) is 0 Å². The summed E-state index contributed by atoms with van der Waals surface area (Å²) in [6.07, 6.45) is 5.56. The topological polar surface area (TPSA) is 66.4 Å². The Morgan fingerprint density at radius 3 is 2.53 bits per heavy atom. The molecule has 4 nitrogen and oxygen atoms in total. The molecule has 2 aliphatic rings. The molecule has 1 aliphatic carbocycles. The molecule has 2 rings (SSSR count). The lowest BCUT2D eigenvalue weighted by molar-refractivity contribution is -0.151. The first-order valence-corrected chi connectivity index (χ1v) is 5.68. The second kappa shape index (κ2) is 3.83. The van der Waals surface area contributed by atoms with Crippen LogP contribution in [0.3, 0.4) is 0 Å². The Morgan fingerprint density at radius 2 is 2.00 bits per heavy atom. The SMILES string of the molecule is O=C1CCCC(C2(C(=O)O)CCCC2)N1. The summed E-state index contributed by atoms with van der Waals surface area (Å²) in [7, 11) is 0. The molecular weight excluding hydrogens is 194 g/mol. The molecule has 1 saturated heterocycles. The van der Waals surface area contributed by atoms with Crippen molar-refractivity contribution in [2.75, 3.05) is 0 Å². The zero-order valence-electron chi connectivity index (χ0n) is 8.79. The van der Waals surface area contributed by atoms with Crippen molar-refractivity contribution >= 4 is 11.9 Å². The molecule has 0 spiro atoms. The number of carboxylic acids is 1. The van der Waals surface area contributed by atoms with Crippen molar-refractivity contribution in [1.82, 2.24) is 5.32 Å². The number of carbonyl (C=O) groups is 2. The zero-order valence-corrected chi connectivity index (χ0v) is 8.79. The van der Waals surface area contributed by atoms with Crippen LogP contribution in [0.5, 0.6) is 0 Å². The van der Waals surface area contributed by atoms with Crippen molar-refractivity contribution < 1.29 is 14.7 Å². The van der Waals surface area contributed by atoms with Gasteiger partial charge in [0, 0.05) is 12.5 Å². The van der Waals surface area contributed by atoms with Crippen molar-refractivity contribution in [2.45, 2.75) is 51.0 Å². The van der Waals surface area contributed by atoms with Gasteiger partial charge in [0.1, 0.15) is 0 Å². The molecule has 2 N–H and O–H groups in total. The number of carboxylic acid groups (broad SMARTS) is 1. The summed E-state index contributed by atoms with van der Waals surface area (Å²) in [5, 5.41) is 12.2. The van der Waals surface area contributed by atoms with E-state index in [4.69, 9.17) is 0 Å². The van der Waals surface area contributed by atoms with Crippen molar-refractivity contribution in [3.05, 3.63) is 0 Å². The van der Waals surface area contributed by atoms with Crippen LogP contribution < -0.4 is 5.32 Å². The van der Waals surface area contributed by atoms with E-state index in [0.29, 0.717) is 19.3 Å². The van der Waals surface area contributed by atoms with Crippen LogP contribution in [-0.2, 0) is 9.59 Å². The van der Waals surface area contributed by atoms with E-state index >= 15 is 0 Å². The number of hydrogen-bond donors (Lipinski definition) is 2. The highest BCUT2D eigenvalue weighted by Gasteiger charge is 2.48. The smallest absolute Gasteiger partial charge is 0.311 e. The fraction of sp³-hybridized carbons (Fsp3) is 0.818. The average Bonchev–Trinajstić information content (AvgIpc) is 2.67. The third-order valence-corrected chi connectivity index (χ3v) is 3.82. The molecule has 0 radical (unpaired) electrons. The standard InChI is InChI=1S/C11H17NO3/c13-9-5-3-4-8(12-9)11(10(14)15)6-1-2-7-11/h8H,1-7H2,(H,12,13)(H,14,15). The molecule has 0 bridgehead atoms. The third-order valence-electron chi connectivity index (χ3n) is 3.82. The summed E-state index contributed by atoms with van der Waals surface area (Å²) < 4.78 is 0. The van der Waals surface area contributed by atoms with Crippen molar-refractivity contribution in [3.8, 4) is 0 Å². The average molecular weight is 211 g/mol. The Labute approximate surface area is 89.0 Å². The molecule has 0 aromatic carbocycles. The Hall–Kier alpha value is -1.06. The fourth-order valence-electron chi connectivity index (χ4n) is 2.94. The van der Waals surface area contributed by atoms with E-state index in [1.807, 2.05) is 0 Å². The summed E-state index contributed by atoms with van der Waals surface area (Å²) in [6, 6.07) is -0.140. The van der Waals surface area contributed by atoms with Crippen LogP contribution in [0.4, 0.5) is 0 Å². The van der Waals surface area contributed by atoms with Crippen molar-refractivity contribution in [3.63, 3.8) is 0 Å². The van der Waals surface area contributed by atoms with Gasteiger partial charge in [0.25, 0.3) is 0 Å². The van der Waals surface area contributed by atoms with Crippen LogP contribution in [0.1, 0.15) is 44.9 Å². The lowest BCUT2D eigenvalue weighted by Crippen LogP contribution is -2.52. The Bertz CT molecular complexity index is 282. The van der Waals surface area contributed by atoms with E-state index in [1.165, 1.54) is 0 Å². The minimum absolute atomic E-state index is 0.0128. The van der Waals surface area contributed by atoms with E-state index in [9.17, 15) is 14.7 Å². The second-order valence-corrected chi connectivity index (χ2v) is 4.68. The van der Waals surface area contributed by atoms with Crippen molar-refractivity contribution in [2.24, 2.45) is 5.41 Å². The van der Waals surface area contributed by atoms with Gasteiger partial charge >= 0.3 is 5.97 Å². The highest BCUT2D eigenvalue weighted by atomic mass is 16.4. The van der Waals surface area contributed by atoms with Gasteiger partial charge in [0.2, 0.25) is 5.91 Å². The number of aliphatic carboxylic acids is 1. The van der Waals surface area contributed by atoms with Gasteiger partial charge in [-0.1, -0.05) is 12.8 Å². The molecule has 1 unspecified atom stereocenters. The molecule has 84 valence electrons. The van der Waals surface area contributed by atoms with Crippen LogP contribution in [-0.4, -0.2) is 23.0 Å². The predicted octanol–water partition coefficient (Wildman–Crippen LogP) is 1.30. The first-order chi connectivity index (χ1) is 7.15. The van der Waals surface area contributed by atoms with Crippen molar-refractivity contribution in [1.29, 1.82) is 0 Å². The normalized spacial score (nSPS) is 29.9. The van der Waals surface area contributed by atoms with Gasteiger partial charge in [-0.3, -0.25) is 9.59 Å². The first kappa shape index (κ1) is 10.5. The highest BCUT2D eigenvalue weighted by molar-refractivity contribution is 5.81. The van der Waals surface area contributed by atoms with Gasteiger partial charge in [-0.25, -0.2) is 0 Å². The summed E-state index contributed by atoms with van der Waals surface area (Å²) in [4.78, 5) is 22.7. The van der Waals surface area contributed by atoms with E-state index < -0.39 is 11.4 Å². The second-order valence-electron chi connectivity index (χ2n) is 4.68. The van der Waals surface area contributed by atoms with Gasteiger partial charge in [-0.05, 0) is 25.7 Å². The van der Waals surface area contributed by atoms with Gasteiger partial charge < -0.3 is 10.4 Å². The Kier molecular flexibility index (Phi) is 2.67. The quantitative estimate of drug-likeness (QED) is 0.723. The third kappa shape index (κ3) is 1.73. The Balaban J connectivity index is 2.17. The van der Waals surface area contributed by atoms with E-state index in [1.54, 1.807) is 0 Å². The molecule has 15 heavy (non-hydrogen) atoms. The number of piperidine rings is 1. The van der Waals surface area contributed by atoms with Gasteiger partial charge in [-0.2, -0.15) is 0 Å². The molecule has 1 saturated carbocycles. The summed E-state index contributed by atoms with van der Waals surface area (Å²) in [6.45, 7) is 0. The van der Waals surface area contributed by atoms with E-state index in [2.05, 4.69) is 5.32 Å². The number of hydrogen-bond acceptors (Lipinski definition) is 2. The molecule has 1 atom stereocenters. The number of nitrogens with one attached hydrogen (secondary N) is 1. The molecule has 1 aliphatic heterocycles. The first-order valence-electron chi connectivity index (χ1n) is 5.68. The lowest BCUT2D eigenvalue weighted by atomic mass is 9.75. The van der Waals surface area contributed by atoms with Crippen LogP contribution in [0, 0.1) is 5.41 Å². The molecule has 1 amide bonds. The molecular formula is C11H17NO3. The van der Waals surface area contributed by atoms with Gasteiger partial charge in [0.15, 0.2) is 0 Å². The van der Waals surface area contributed by atoms with Crippen LogP contribution in [0.25, 0.3) is 0 Å². The largest absolute Gasteiger partial charge is 0.481 e. The molecule has 4 heteroatoms. The Morgan fingerprint density at radius 1 is 1.33 bits per heavy atom. The fourth-order valence-corrected chi connectivity index (χ4v) is 2.94. The summed E-state index contributed by atoms with van der Waals surface area (Å²) in [5.41, 5.74) is -0.671. The zero-order chi connectivity index (χ0) is 10.9. The molecule has 1 heterocycles. The minimum Gasteiger partial charge on any atom is -0.481 e. The number of carbonyl (C=O) groups excluding carboxylic acids is 1. The molecule has 0 aromatic heterocycles. The van der Waals surface area contributed by atoms with Gasteiger partial charge in [0.05, 0.1) is 5.41 Å². The van der Waals surface area contributed by atoms with Crippen LogP contribution in [0.2, 0.25) is 0 Å². The molecule has 2 fully saturated rings. The highest BCUT2D eigenvalue weighted by Crippen LogP contribution is 2.43. The van der Waals surface area contributed by atoms with E-state index in [-0.39, 0.29) is 11.9 Å². The number of rotatable bonds is 2. The monoisotopic (exact) mass is 211 g/mol. The predicted molar refractivity (Wildman–Crippen MR) is 54.3 cm³/mol. The van der Waals surface area contributed by atoms with Gasteiger partial charge in [-0.15, -0.1) is 0 Å². The summed E-state index contributed by atoms with van der Waals surface area (Å²) in [5.74, 6) is -0.717.